The predicted octanol–water partition coefficient (Wildman–Crippen LogP) is 4.76. The summed E-state index contributed by atoms with van der Waals surface area (Å²) in [7, 11) is 0. The average molecular weight is 528 g/mol. The number of hydrogen-bond acceptors (Lipinski definition) is 7. The molecule has 1 aliphatic rings. The van der Waals surface area contributed by atoms with Crippen LogP contribution in [0.5, 0.6) is 11.5 Å². The van der Waals surface area contributed by atoms with Crippen LogP contribution in [-0.2, 0) is 0 Å². The SMILES string of the molecule is Cc1cnc(Nc2ccc3c(c2)OC(F)(F)O3)cc1-n1cnc(C(=O)NC(CO)c2cccc(Cl)c2)c1. The molecule has 0 aliphatic carbocycles. The smallest absolute Gasteiger partial charge is 0.395 e. The maximum Gasteiger partial charge on any atom is 0.586 e. The molecule has 1 atom stereocenters. The summed E-state index contributed by atoms with van der Waals surface area (Å²) in [6.07, 6.45) is 0.958. The summed E-state index contributed by atoms with van der Waals surface area (Å²) in [5.74, 6) is -0.199. The van der Waals surface area contributed by atoms with Crippen LogP contribution in [0.25, 0.3) is 5.69 Å². The number of fused-ring (bicyclic) bond motifs is 1. The third-order valence-corrected chi connectivity index (χ3v) is 5.82. The highest BCUT2D eigenvalue weighted by Crippen LogP contribution is 2.42. The number of aliphatic hydroxyl groups excluding tert-OH is 1. The van der Waals surface area contributed by atoms with Crippen LogP contribution in [0.2, 0.25) is 5.02 Å². The number of nitrogens with one attached hydrogen (secondary N) is 2. The molecule has 1 amide bonds. The summed E-state index contributed by atoms with van der Waals surface area (Å²) in [5.41, 5.74) is 2.75. The summed E-state index contributed by atoms with van der Waals surface area (Å²) in [5, 5.41) is 16.1. The highest BCUT2D eigenvalue weighted by Gasteiger charge is 2.43. The summed E-state index contributed by atoms with van der Waals surface area (Å²) in [6.45, 7) is 1.53. The molecule has 0 bridgehead atoms. The Balaban J connectivity index is 1.33. The Labute approximate surface area is 214 Å². The fourth-order valence-corrected chi connectivity index (χ4v) is 3.99. The molecule has 1 unspecified atom stereocenters. The van der Waals surface area contributed by atoms with Gasteiger partial charge in [0, 0.05) is 35.2 Å². The van der Waals surface area contributed by atoms with Crippen molar-refractivity contribution in [3.8, 4) is 17.2 Å². The van der Waals surface area contributed by atoms with Gasteiger partial charge < -0.3 is 29.8 Å². The first kappa shape index (κ1) is 24.5. The van der Waals surface area contributed by atoms with Crippen molar-refractivity contribution in [1.82, 2.24) is 19.9 Å². The molecule has 0 saturated heterocycles. The number of pyridine rings is 1. The molecular weight excluding hydrogens is 508 g/mol. The van der Waals surface area contributed by atoms with E-state index in [0.717, 1.165) is 5.56 Å². The number of imidazole rings is 1. The fraction of sp³-hybridized carbons (Fsp3) is 0.160. The van der Waals surface area contributed by atoms with Crippen LogP contribution < -0.4 is 20.1 Å². The highest BCUT2D eigenvalue weighted by molar-refractivity contribution is 6.30. The lowest BCUT2D eigenvalue weighted by Gasteiger charge is -2.16. The zero-order valence-electron chi connectivity index (χ0n) is 19.3. The maximum atomic E-state index is 13.3. The van der Waals surface area contributed by atoms with Gasteiger partial charge in [-0.1, -0.05) is 23.7 Å². The second kappa shape index (κ2) is 9.68. The topological polar surface area (TPSA) is 111 Å². The summed E-state index contributed by atoms with van der Waals surface area (Å²) in [4.78, 5) is 21.3. The monoisotopic (exact) mass is 527 g/mol. The lowest BCUT2D eigenvalue weighted by Crippen LogP contribution is -2.31. The Morgan fingerprint density at radius 2 is 1.97 bits per heavy atom. The largest absolute Gasteiger partial charge is 0.586 e. The predicted molar refractivity (Wildman–Crippen MR) is 131 cm³/mol. The van der Waals surface area contributed by atoms with Crippen LogP contribution in [-0.4, -0.2) is 38.5 Å². The van der Waals surface area contributed by atoms with E-state index in [9.17, 15) is 18.7 Å². The first-order valence-corrected chi connectivity index (χ1v) is 11.4. The number of alkyl halides is 2. The third-order valence-electron chi connectivity index (χ3n) is 5.58. The van der Waals surface area contributed by atoms with E-state index in [4.69, 9.17) is 11.6 Å². The lowest BCUT2D eigenvalue weighted by atomic mass is 10.1. The van der Waals surface area contributed by atoms with Crippen LogP contribution in [0, 0.1) is 6.92 Å². The molecule has 2 aromatic carbocycles. The molecule has 0 saturated carbocycles. The molecular formula is C25H20ClF2N5O4. The number of amides is 1. The summed E-state index contributed by atoms with van der Waals surface area (Å²) >= 11 is 6.02. The van der Waals surface area contributed by atoms with E-state index in [1.54, 1.807) is 53.4 Å². The molecule has 3 heterocycles. The highest BCUT2D eigenvalue weighted by atomic mass is 35.5. The van der Waals surface area contributed by atoms with Crippen molar-refractivity contribution < 1.29 is 28.2 Å². The molecule has 3 N–H and O–H groups in total. The van der Waals surface area contributed by atoms with Crippen molar-refractivity contribution in [3.05, 3.63) is 89.1 Å². The number of benzene rings is 2. The van der Waals surface area contributed by atoms with Gasteiger partial charge in [0.05, 0.1) is 18.3 Å². The molecule has 190 valence electrons. The third kappa shape index (κ3) is 5.32. The van der Waals surface area contributed by atoms with E-state index in [0.29, 0.717) is 27.8 Å². The Morgan fingerprint density at radius 1 is 1.16 bits per heavy atom. The minimum absolute atomic E-state index is 0.0591. The number of aryl methyl sites for hydroxylation is 1. The molecule has 1 aliphatic heterocycles. The van der Waals surface area contributed by atoms with Gasteiger partial charge in [-0.05, 0) is 42.3 Å². The van der Waals surface area contributed by atoms with Gasteiger partial charge in [-0.2, -0.15) is 0 Å². The van der Waals surface area contributed by atoms with Crippen LogP contribution in [0.4, 0.5) is 20.3 Å². The number of nitrogens with zero attached hydrogens (tertiary/aromatic N) is 3. The molecule has 2 aromatic heterocycles. The van der Waals surface area contributed by atoms with Crippen LogP contribution in [0.3, 0.4) is 0 Å². The van der Waals surface area contributed by atoms with Gasteiger partial charge in [0.15, 0.2) is 11.5 Å². The first-order valence-electron chi connectivity index (χ1n) is 11.1. The number of anilines is 2. The van der Waals surface area contributed by atoms with Crippen molar-refractivity contribution in [2.24, 2.45) is 0 Å². The molecule has 0 spiro atoms. The number of ether oxygens (including phenoxy) is 2. The second-order valence-corrected chi connectivity index (χ2v) is 8.68. The lowest BCUT2D eigenvalue weighted by molar-refractivity contribution is -0.286. The van der Waals surface area contributed by atoms with Gasteiger partial charge in [-0.3, -0.25) is 4.79 Å². The average Bonchev–Trinajstić information content (AvgIpc) is 3.46. The number of rotatable bonds is 7. The number of carbonyl (C=O) groups is 1. The molecule has 37 heavy (non-hydrogen) atoms. The Hall–Kier alpha value is -4.22. The number of halogens is 3. The van der Waals surface area contributed by atoms with Gasteiger partial charge in [-0.15, -0.1) is 8.78 Å². The number of hydrogen-bond donors (Lipinski definition) is 3. The van der Waals surface area contributed by atoms with Gasteiger partial charge >= 0.3 is 6.29 Å². The first-order chi connectivity index (χ1) is 17.7. The molecule has 0 radical (unpaired) electrons. The quantitative estimate of drug-likeness (QED) is 0.318. The molecule has 12 heteroatoms. The van der Waals surface area contributed by atoms with E-state index in [2.05, 4.69) is 30.1 Å². The van der Waals surface area contributed by atoms with Crippen LogP contribution >= 0.6 is 11.6 Å². The van der Waals surface area contributed by atoms with E-state index < -0.39 is 18.2 Å². The normalized spacial score (nSPS) is 14.3. The molecule has 0 fully saturated rings. The zero-order valence-corrected chi connectivity index (χ0v) is 20.0. The van der Waals surface area contributed by atoms with E-state index >= 15 is 0 Å². The second-order valence-electron chi connectivity index (χ2n) is 8.24. The number of carbonyl (C=O) groups excluding carboxylic acids is 1. The molecule has 9 nitrogen and oxygen atoms in total. The van der Waals surface area contributed by atoms with Crippen molar-refractivity contribution in [1.29, 1.82) is 0 Å². The van der Waals surface area contributed by atoms with Crippen molar-refractivity contribution in [2.45, 2.75) is 19.3 Å². The van der Waals surface area contributed by atoms with Crippen molar-refractivity contribution >= 4 is 29.0 Å². The van der Waals surface area contributed by atoms with Gasteiger partial charge in [0.1, 0.15) is 17.8 Å². The van der Waals surface area contributed by atoms with E-state index in [1.165, 1.54) is 18.5 Å². The van der Waals surface area contributed by atoms with Gasteiger partial charge in [-0.25, -0.2) is 9.97 Å². The molecule has 5 rings (SSSR count). The zero-order chi connectivity index (χ0) is 26.2. The summed E-state index contributed by atoms with van der Waals surface area (Å²) < 4.78 is 37.2. The van der Waals surface area contributed by atoms with E-state index in [-0.39, 0.29) is 23.8 Å². The minimum Gasteiger partial charge on any atom is -0.395 e. The Morgan fingerprint density at radius 3 is 2.76 bits per heavy atom. The van der Waals surface area contributed by atoms with Gasteiger partial charge in [0.25, 0.3) is 5.91 Å². The molecule has 4 aromatic rings. The minimum atomic E-state index is -3.70. The van der Waals surface area contributed by atoms with Crippen LogP contribution in [0.15, 0.2) is 67.3 Å². The van der Waals surface area contributed by atoms with Crippen molar-refractivity contribution in [2.75, 3.05) is 11.9 Å². The Kier molecular flexibility index (Phi) is 6.40. The van der Waals surface area contributed by atoms with E-state index in [1.807, 2.05) is 6.92 Å². The standard InChI is InChI=1S/C25H20ClF2N5O4/c1-14-10-29-23(31-17-5-6-21-22(8-17)37-25(27,28)36-21)9-20(14)33-11-18(30-13-33)24(35)32-19(12-34)15-3-2-4-16(26)7-15/h2-11,13,19,34H,12H2,1H3,(H,29,31)(H,32,35). The van der Waals surface area contributed by atoms with Gasteiger partial charge in [0.2, 0.25) is 0 Å². The number of aromatic nitrogens is 3. The number of aliphatic hydroxyl groups is 1. The van der Waals surface area contributed by atoms with Crippen molar-refractivity contribution in [3.63, 3.8) is 0 Å². The van der Waals surface area contributed by atoms with Crippen LogP contribution in [0.1, 0.15) is 27.7 Å². The fourth-order valence-electron chi connectivity index (χ4n) is 3.80. The Bertz CT molecular complexity index is 1480. The maximum absolute atomic E-state index is 13.3. The summed E-state index contributed by atoms with van der Waals surface area (Å²) in [6, 6.07) is 12.2.